The fraction of sp³-hybridized carbons (Fsp3) is 0.250. The molecule has 0 heterocycles. The molecule has 2 aromatic rings. The smallest absolute Gasteiger partial charge is 0.166 e. The van der Waals surface area contributed by atoms with Crippen LogP contribution in [0.1, 0.15) is 21.6 Å². The minimum absolute atomic E-state index is 0.158. The van der Waals surface area contributed by atoms with E-state index >= 15 is 0 Å². The van der Waals surface area contributed by atoms with Crippen LogP contribution in [0.2, 0.25) is 20.1 Å². The second-order valence-electron chi connectivity index (χ2n) is 5.22. The molecular weight excluding hydrogens is 469 g/mol. The summed E-state index contributed by atoms with van der Waals surface area (Å²) in [5.74, 6) is -0.315. The molecule has 2 aromatic carbocycles. The van der Waals surface area contributed by atoms with Gasteiger partial charge in [-0.1, -0.05) is 58.5 Å². The zero-order valence-corrected chi connectivity index (χ0v) is 17.9. The summed E-state index contributed by atoms with van der Waals surface area (Å²) in [6.07, 6.45) is 0. The van der Waals surface area contributed by atoms with Gasteiger partial charge in [-0.05, 0) is 35.4 Å². The van der Waals surface area contributed by atoms with Crippen LogP contribution >= 0.6 is 69.6 Å². The first kappa shape index (κ1) is 21.4. The second kappa shape index (κ2) is 8.88. The SMILES string of the molecule is O=S(=O)(C(CCl)c1ccc(Cl)c(Cl)c1)C(CCl)c1ccc(Cl)c(Cl)c1. The lowest BCUT2D eigenvalue weighted by Gasteiger charge is -2.23. The molecule has 0 aliphatic carbocycles. The summed E-state index contributed by atoms with van der Waals surface area (Å²) >= 11 is 35.8. The summed E-state index contributed by atoms with van der Waals surface area (Å²) in [7, 11) is -3.80. The first-order chi connectivity index (χ1) is 11.7. The highest BCUT2D eigenvalue weighted by Gasteiger charge is 2.35. The number of rotatable bonds is 6. The highest BCUT2D eigenvalue weighted by Crippen LogP contribution is 2.39. The van der Waals surface area contributed by atoms with Gasteiger partial charge in [-0.15, -0.1) is 23.2 Å². The van der Waals surface area contributed by atoms with Crippen molar-refractivity contribution in [2.75, 3.05) is 11.8 Å². The lowest BCUT2D eigenvalue weighted by atomic mass is 10.1. The highest BCUT2D eigenvalue weighted by atomic mass is 35.5. The molecule has 0 aromatic heterocycles. The zero-order chi connectivity index (χ0) is 18.8. The van der Waals surface area contributed by atoms with E-state index in [1.807, 2.05) is 0 Å². The summed E-state index contributed by atoms with van der Waals surface area (Å²) in [6.45, 7) is 0. The van der Waals surface area contributed by atoms with Gasteiger partial charge in [-0.25, -0.2) is 8.42 Å². The van der Waals surface area contributed by atoms with E-state index in [9.17, 15) is 8.42 Å². The Hall–Kier alpha value is 0.130. The van der Waals surface area contributed by atoms with Crippen LogP contribution in [0.3, 0.4) is 0 Å². The molecule has 136 valence electrons. The Morgan fingerprint density at radius 3 is 1.32 bits per heavy atom. The third-order valence-corrected chi connectivity index (χ3v) is 8.63. The van der Waals surface area contributed by atoms with E-state index in [0.29, 0.717) is 21.2 Å². The summed E-state index contributed by atoms with van der Waals surface area (Å²) < 4.78 is 26.3. The molecule has 0 N–H and O–H groups in total. The summed E-state index contributed by atoms with van der Waals surface area (Å²) in [4.78, 5) is 0. The van der Waals surface area contributed by atoms with Gasteiger partial charge in [-0.2, -0.15) is 0 Å². The van der Waals surface area contributed by atoms with Gasteiger partial charge in [-0.3, -0.25) is 0 Å². The van der Waals surface area contributed by atoms with Crippen LogP contribution in [-0.4, -0.2) is 20.2 Å². The van der Waals surface area contributed by atoms with Crippen molar-refractivity contribution in [2.45, 2.75) is 10.5 Å². The average Bonchev–Trinajstić information content (AvgIpc) is 2.55. The Kier molecular flexibility index (Phi) is 7.61. The molecule has 0 saturated heterocycles. The third kappa shape index (κ3) is 4.70. The van der Waals surface area contributed by atoms with Gasteiger partial charge in [0.2, 0.25) is 0 Å². The number of hydrogen-bond donors (Lipinski definition) is 0. The van der Waals surface area contributed by atoms with E-state index in [-0.39, 0.29) is 21.8 Å². The lowest BCUT2D eigenvalue weighted by Crippen LogP contribution is -2.23. The molecule has 0 aliphatic heterocycles. The van der Waals surface area contributed by atoms with E-state index in [0.717, 1.165) is 0 Å². The van der Waals surface area contributed by atoms with Gasteiger partial charge in [0.25, 0.3) is 0 Å². The molecule has 0 aliphatic rings. The fourth-order valence-corrected chi connectivity index (χ4v) is 6.18. The van der Waals surface area contributed by atoms with Gasteiger partial charge in [0.1, 0.15) is 10.5 Å². The van der Waals surface area contributed by atoms with E-state index in [4.69, 9.17) is 69.6 Å². The first-order valence-corrected chi connectivity index (χ1v) is 11.2. The van der Waals surface area contributed by atoms with E-state index in [1.165, 1.54) is 24.3 Å². The van der Waals surface area contributed by atoms with Crippen LogP contribution in [0, 0.1) is 0 Å². The van der Waals surface area contributed by atoms with Crippen LogP contribution in [0.4, 0.5) is 0 Å². The normalized spacial score (nSPS) is 14.3. The van der Waals surface area contributed by atoms with Crippen molar-refractivity contribution in [2.24, 2.45) is 0 Å². The quantitative estimate of drug-likeness (QED) is 0.418. The maximum atomic E-state index is 13.2. The first-order valence-electron chi connectivity index (χ1n) is 6.97. The van der Waals surface area contributed by atoms with E-state index in [1.54, 1.807) is 12.1 Å². The predicted molar refractivity (Wildman–Crippen MR) is 109 cm³/mol. The lowest BCUT2D eigenvalue weighted by molar-refractivity contribution is 0.577. The Labute approximate surface area is 176 Å². The molecule has 2 nitrogen and oxygen atoms in total. The topological polar surface area (TPSA) is 34.1 Å². The molecule has 0 radical (unpaired) electrons. The largest absolute Gasteiger partial charge is 0.227 e. The van der Waals surface area contributed by atoms with Crippen LogP contribution in [0.5, 0.6) is 0 Å². The molecule has 0 spiro atoms. The van der Waals surface area contributed by atoms with Gasteiger partial charge < -0.3 is 0 Å². The molecule has 0 amide bonds. The standard InChI is InChI=1S/C16H12Cl6O2S/c17-7-15(9-1-3-11(19)13(21)5-9)25(23,24)16(8-18)10-2-4-12(20)14(22)6-10/h1-6,15-16H,7-8H2. The van der Waals surface area contributed by atoms with Crippen molar-refractivity contribution in [3.63, 3.8) is 0 Å². The van der Waals surface area contributed by atoms with Gasteiger partial charge in [0.05, 0.1) is 20.1 Å². The van der Waals surface area contributed by atoms with Crippen LogP contribution in [0.15, 0.2) is 36.4 Å². The third-order valence-electron chi connectivity index (χ3n) is 3.70. The monoisotopic (exact) mass is 478 g/mol. The molecule has 2 unspecified atom stereocenters. The molecule has 2 rings (SSSR count). The molecular formula is C16H12Cl6O2S. The minimum atomic E-state index is -3.80. The van der Waals surface area contributed by atoms with Crippen molar-refractivity contribution < 1.29 is 8.42 Å². The van der Waals surface area contributed by atoms with Gasteiger partial charge in [0.15, 0.2) is 9.84 Å². The molecule has 9 heteroatoms. The maximum Gasteiger partial charge on any atom is 0.166 e. The van der Waals surface area contributed by atoms with Crippen LogP contribution < -0.4 is 0 Å². The van der Waals surface area contributed by atoms with Crippen LogP contribution in [-0.2, 0) is 9.84 Å². The van der Waals surface area contributed by atoms with Crippen molar-refractivity contribution in [1.29, 1.82) is 0 Å². The molecule has 0 fully saturated rings. The van der Waals surface area contributed by atoms with Crippen molar-refractivity contribution in [3.05, 3.63) is 67.6 Å². The molecule has 0 bridgehead atoms. The summed E-state index contributed by atoms with van der Waals surface area (Å²) in [5, 5.41) is -0.837. The van der Waals surface area contributed by atoms with E-state index < -0.39 is 20.3 Å². The number of alkyl halides is 2. The number of hydrogen-bond acceptors (Lipinski definition) is 2. The Bertz CT molecular complexity index is 803. The number of sulfone groups is 1. The van der Waals surface area contributed by atoms with Crippen molar-refractivity contribution in [1.82, 2.24) is 0 Å². The van der Waals surface area contributed by atoms with Crippen LogP contribution in [0.25, 0.3) is 0 Å². The highest BCUT2D eigenvalue weighted by molar-refractivity contribution is 7.92. The Balaban J connectivity index is 2.50. The van der Waals surface area contributed by atoms with Gasteiger partial charge >= 0.3 is 0 Å². The second-order valence-corrected chi connectivity index (χ2v) is 9.78. The maximum absolute atomic E-state index is 13.2. The van der Waals surface area contributed by atoms with Crippen molar-refractivity contribution >= 4 is 79.4 Å². The fourth-order valence-electron chi connectivity index (χ4n) is 2.36. The number of benzene rings is 2. The van der Waals surface area contributed by atoms with Crippen molar-refractivity contribution in [3.8, 4) is 0 Å². The van der Waals surface area contributed by atoms with E-state index in [2.05, 4.69) is 0 Å². The Morgan fingerprint density at radius 1 is 0.680 bits per heavy atom. The number of halogens is 6. The molecule has 2 atom stereocenters. The minimum Gasteiger partial charge on any atom is -0.227 e. The Morgan fingerprint density at radius 2 is 1.04 bits per heavy atom. The molecule has 0 saturated carbocycles. The van der Waals surface area contributed by atoms with Gasteiger partial charge in [0, 0.05) is 11.8 Å². The predicted octanol–water partition coefficient (Wildman–Crippen LogP) is 6.98. The molecule has 25 heavy (non-hydrogen) atoms. The summed E-state index contributed by atoms with van der Waals surface area (Å²) in [6, 6.07) is 9.22. The average molecular weight is 481 g/mol. The zero-order valence-electron chi connectivity index (χ0n) is 12.5. The summed E-state index contributed by atoms with van der Waals surface area (Å²) in [5.41, 5.74) is 0.888.